The summed E-state index contributed by atoms with van der Waals surface area (Å²) in [6.07, 6.45) is 2.28. The summed E-state index contributed by atoms with van der Waals surface area (Å²) in [7, 11) is 0. The highest BCUT2D eigenvalue weighted by Gasteiger charge is 2.19. The molecule has 0 aromatic heterocycles. The van der Waals surface area contributed by atoms with Crippen molar-refractivity contribution < 1.29 is 9.47 Å². The van der Waals surface area contributed by atoms with E-state index in [2.05, 4.69) is 55.4 Å². The van der Waals surface area contributed by atoms with Crippen molar-refractivity contribution in [3.8, 4) is 0 Å². The average Bonchev–Trinajstić information content (AvgIpc) is 1.99. The van der Waals surface area contributed by atoms with Crippen LogP contribution >= 0.6 is 0 Å². The molecular formula is C14H32O2. The fourth-order valence-corrected chi connectivity index (χ4v) is 1.31. The van der Waals surface area contributed by atoms with Gasteiger partial charge in [0.2, 0.25) is 0 Å². The minimum absolute atomic E-state index is 0.0156. The molecular weight excluding hydrogens is 200 g/mol. The van der Waals surface area contributed by atoms with Crippen molar-refractivity contribution in [2.45, 2.75) is 79.4 Å². The van der Waals surface area contributed by atoms with Crippen molar-refractivity contribution in [1.29, 1.82) is 0 Å². The zero-order chi connectivity index (χ0) is 13.2. The highest BCUT2D eigenvalue weighted by atomic mass is 16.5. The van der Waals surface area contributed by atoms with Crippen molar-refractivity contribution in [1.82, 2.24) is 0 Å². The van der Waals surface area contributed by atoms with Crippen LogP contribution in [-0.4, -0.2) is 24.4 Å². The van der Waals surface area contributed by atoms with E-state index in [4.69, 9.17) is 9.47 Å². The molecule has 0 N–H and O–H groups in total. The third-order valence-electron chi connectivity index (χ3n) is 1.31. The molecule has 100 valence electrons. The second kappa shape index (κ2) is 9.00. The van der Waals surface area contributed by atoms with Crippen LogP contribution in [0.3, 0.4) is 0 Å². The maximum atomic E-state index is 5.62. The Balaban J connectivity index is 0. The topological polar surface area (TPSA) is 18.5 Å². The van der Waals surface area contributed by atoms with Gasteiger partial charge in [-0.3, -0.25) is 0 Å². The van der Waals surface area contributed by atoms with Gasteiger partial charge in [-0.25, -0.2) is 0 Å². The zero-order valence-corrected chi connectivity index (χ0v) is 12.6. The van der Waals surface area contributed by atoms with E-state index in [1.807, 2.05) is 0 Å². The predicted octanol–water partition coefficient (Wildman–Crippen LogP) is 4.42. The van der Waals surface area contributed by atoms with Crippen LogP contribution in [0.25, 0.3) is 0 Å². The van der Waals surface area contributed by atoms with Gasteiger partial charge < -0.3 is 9.47 Å². The Bertz CT molecular complexity index is 124. The van der Waals surface area contributed by atoms with Gasteiger partial charge in [-0.1, -0.05) is 13.8 Å². The Kier molecular flexibility index (Phi) is 10.3. The summed E-state index contributed by atoms with van der Waals surface area (Å²) in [5.41, 5.74) is -0.0312. The summed E-state index contributed by atoms with van der Waals surface area (Å²) >= 11 is 0. The smallest absolute Gasteiger partial charge is 0.0605 e. The second-order valence-corrected chi connectivity index (χ2v) is 5.94. The molecule has 2 heteroatoms. The molecule has 0 aromatic rings. The molecule has 0 aliphatic heterocycles. The largest absolute Gasteiger partial charge is 0.381 e. The van der Waals surface area contributed by atoms with E-state index in [0.29, 0.717) is 0 Å². The lowest BCUT2D eigenvalue weighted by Crippen LogP contribution is -2.31. The maximum absolute atomic E-state index is 5.62. The first-order valence-corrected chi connectivity index (χ1v) is 6.40. The number of hydrogen-bond acceptors (Lipinski definition) is 2. The molecule has 0 aliphatic carbocycles. The molecule has 0 heterocycles. The first kappa shape index (κ1) is 18.3. The van der Waals surface area contributed by atoms with E-state index < -0.39 is 0 Å². The lowest BCUT2D eigenvalue weighted by Gasteiger charge is -2.30. The molecule has 0 radical (unpaired) electrons. The van der Waals surface area contributed by atoms with E-state index in [-0.39, 0.29) is 11.2 Å². The quantitative estimate of drug-likeness (QED) is 0.668. The fraction of sp³-hybridized carbons (Fsp3) is 1.00. The Labute approximate surface area is 103 Å². The van der Waals surface area contributed by atoms with Crippen molar-refractivity contribution in [3.63, 3.8) is 0 Å². The van der Waals surface area contributed by atoms with Crippen LogP contribution in [0.4, 0.5) is 0 Å². The summed E-state index contributed by atoms with van der Waals surface area (Å²) < 4.78 is 10.8. The van der Waals surface area contributed by atoms with Crippen molar-refractivity contribution in [3.05, 3.63) is 0 Å². The summed E-state index contributed by atoms with van der Waals surface area (Å²) in [4.78, 5) is 0. The van der Waals surface area contributed by atoms with Crippen LogP contribution in [0.2, 0.25) is 0 Å². The summed E-state index contributed by atoms with van der Waals surface area (Å²) in [5.74, 6) is 0. The van der Waals surface area contributed by atoms with Gasteiger partial charge in [-0.2, -0.15) is 0 Å². The van der Waals surface area contributed by atoms with Gasteiger partial charge in [-0.05, 0) is 54.4 Å². The highest BCUT2D eigenvalue weighted by molar-refractivity contribution is 4.68. The molecule has 0 aromatic carbocycles. The van der Waals surface area contributed by atoms with E-state index in [0.717, 1.165) is 26.1 Å². The lowest BCUT2D eigenvalue weighted by atomic mass is 10.1. The Hall–Kier alpha value is -0.0800. The normalized spacial score (nSPS) is 12.0. The van der Waals surface area contributed by atoms with E-state index in [1.54, 1.807) is 0 Å². The maximum Gasteiger partial charge on any atom is 0.0605 e. The third kappa shape index (κ3) is 23.6. The number of rotatable bonds is 4. The Morgan fingerprint density at radius 1 is 0.688 bits per heavy atom. The first-order chi connectivity index (χ1) is 7.12. The van der Waals surface area contributed by atoms with E-state index >= 15 is 0 Å². The average molecular weight is 232 g/mol. The summed E-state index contributed by atoms with van der Waals surface area (Å²) in [6.45, 7) is 18.5. The number of hydrogen-bond donors (Lipinski definition) is 0. The molecule has 0 fully saturated rings. The number of ether oxygens (including phenoxy) is 2. The molecule has 0 bridgehead atoms. The van der Waals surface area contributed by atoms with Crippen molar-refractivity contribution in [2.75, 3.05) is 13.2 Å². The van der Waals surface area contributed by atoms with Crippen LogP contribution in [0.5, 0.6) is 0 Å². The standard InChI is InChI=1S/C8H18O.C6H14O/c1-7(2,3)9-8(4,5)6;1-3-5-7-6-4-2/h1-6H3;3-6H2,1-2H3. The van der Waals surface area contributed by atoms with Gasteiger partial charge in [-0.15, -0.1) is 0 Å². The van der Waals surface area contributed by atoms with Gasteiger partial charge in [0.05, 0.1) is 11.2 Å². The van der Waals surface area contributed by atoms with Crippen LogP contribution < -0.4 is 0 Å². The van der Waals surface area contributed by atoms with Crippen LogP contribution in [0.15, 0.2) is 0 Å². The minimum atomic E-state index is -0.0156. The van der Waals surface area contributed by atoms with Gasteiger partial charge >= 0.3 is 0 Å². The SMILES string of the molecule is CC(C)(C)OC(C)(C)C.CCCOCCC. The predicted molar refractivity (Wildman–Crippen MR) is 72.0 cm³/mol. The van der Waals surface area contributed by atoms with Gasteiger partial charge in [0.25, 0.3) is 0 Å². The molecule has 0 spiro atoms. The molecule has 0 aliphatic rings. The molecule has 0 unspecified atom stereocenters. The highest BCUT2D eigenvalue weighted by Crippen LogP contribution is 2.17. The van der Waals surface area contributed by atoms with Crippen molar-refractivity contribution in [2.24, 2.45) is 0 Å². The van der Waals surface area contributed by atoms with E-state index in [9.17, 15) is 0 Å². The Morgan fingerprint density at radius 3 is 1.12 bits per heavy atom. The minimum Gasteiger partial charge on any atom is -0.381 e. The van der Waals surface area contributed by atoms with Crippen LogP contribution in [0.1, 0.15) is 68.2 Å². The van der Waals surface area contributed by atoms with E-state index in [1.165, 1.54) is 0 Å². The first-order valence-electron chi connectivity index (χ1n) is 6.40. The molecule has 0 saturated heterocycles. The molecule has 0 rings (SSSR count). The Morgan fingerprint density at radius 2 is 1.00 bits per heavy atom. The van der Waals surface area contributed by atoms with Gasteiger partial charge in [0.15, 0.2) is 0 Å². The molecule has 0 saturated carbocycles. The monoisotopic (exact) mass is 232 g/mol. The molecule has 0 atom stereocenters. The van der Waals surface area contributed by atoms with Crippen molar-refractivity contribution >= 4 is 0 Å². The van der Waals surface area contributed by atoms with Gasteiger partial charge in [0, 0.05) is 13.2 Å². The molecule has 16 heavy (non-hydrogen) atoms. The summed E-state index contributed by atoms with van der Waals surface area (Å²) in [6, 6.07) is 0. The fourth-order valence-electron chi connectivity index (χ4n) is 1.31. The van der Waals surface area contributed by atoms with Crippen LogP contribution in [0, 0.1) is 0 Å². The van der Waals surface area contributed by atoms with Gasteiger partial charge in [0.1, 0.15) is 0 Å². The zero-order valence-electron chi connectivity index (χ0n) is 12.6. The molecule has 0 amide bonds. The molecule has 2 nitrogen and oxygen atoms in total. The second-order valence-electron chi connectivity index (χ2n) is 5.94. The van der Waals surface area contributed by atoms with Crippen LogP contribution in [-0.2, 0) is 9.47 Å². The summed E-state index contributed by atoms with van der Waals surface area (Å²) in [5, 5.41) is 0. The third-order valence-corrected chi connectivity index (χ3v) is 1.31. The lowest BCUT2D eigenvalue weighted by molar-refractivity contribution is -0.102.